The van der Waals surface area contributed by atoms with Crippen molar-refractivity contribution >= 4 is 6.09 Å². The number of aromatic nitrogens is 1. The van der Waals surface area contributed by atoms with Crippen LogP contribution in [0.15, 0.2) is 103 Å². The molecule has 1 aromatic heterocycles. The Balaban J connectivity index is 1.55. The number of amides is 1. The minimum absolute atomic E-state index is 0.215. The van der Waals surface area contributed by atoms with Crippen LogP contribution in [0, 0.1) is 0 Å². The van der Waals surface area contributed by atoms with Gasteiger partial charge in [-0.15, -0.1) is 0 Å². The maximum absolute atomic E-state index is 12.5. The molecule has 0 saturated carbocycles. The molecule has 0 fully saturated rings. The van der Waals surface area contributed by atoms with Crippen molar-refractivity contribution in [3.8, 4) is 17.1 Å². The minimum Gasteiger partial charge on any atom is -0.481 e. The van der Waals surface area contributed by atoms with Crippen LogP contribution in [0.4, 0.5) is 4.79 Å². The highest BCUT2D eigenvalue weighted by Crippen LogP contribution is 2.23. The summed E-state index contributed by atoms with van der Waals surface area (Å²) in [5.41, 5.74) is 11.0. The summed E-state index contributed by atoms with van der Waals surface area (Å²) < 4.78 is 5.24. The molecule has 202 valence electrons. The van der Waals surface area contributed by atoms with Crippen molar-refractivity contribution < 1.29 is 19.7 Å². The number of nitrogens with zero attached hydrogens (tertiary/aromatic N) is 2. The second-order valence-corrected chi connectivity index (χ2v) is 9.67. The van der Waals surface area contributed by atoms with Crippen molar-refractivity contribution in [2.75, 3.05) is 7.11 Å². The molecule has 1 amide bonds. The Morgan fingerprint density at radius 1 is 0.846 bits per heavy atom. The molecule has 7 heteroatoms. The molecule has 0 unspecified atom stereocenters. The predicted molar refractivity (Wildman–Crippen MR) is 152 cm³/mol. The Bertz CT molecular complexity index is 1320. The summed E-state index contributed by atoms with van der Waals surface area (Å²) >= 11 is 0. The predicted octanol–water partition coefficient (Wildman–Crippen LogP) is 5.17. The molecule has 4 rings (SSSR count). The van der Waals surface area contributed by atoms with Crippen molar-refractivity contribution in [3.63, 3.8) is 0 Å². The Morgan fingerprint density at radius 3 is 2.08 bits per heavy atom. The number of carbonyl (C=O) groups is 1. The quantitative estimate of drug-likeness (QED) is 0.236. The molecule has 3 atom stereocenters. The van der Waals surface area contributed by atoms with Gasteiger partial charge in [0, 0.05) is 30.3 Å². The summed E-state index contributed by atoms with van der Waals surface area (Å²) in [5, 5.41) is 21.3. The van der Waals surface area contributed by atoms with E-state index in [2.05, 4.69) is 4.98 Å². The maximum atomic E-state index is 12.5. The average molecular weight is 526 g/mol. The first kappa shape index (κ1) is 27.8. The molecule has 0 aliphatic carbocycles. The SMILES string of the molecule is COc1cccc(-c2ccc(C[C@@H](C[C@H](O)[C@@H](N)Cc3ccccc3)N(Cc3ccccc3)C(=O)O)cc2)n1. The largest absolute Gasteiger partial charge is 0.481 e. The molecular weight excluding hydrogens is 490 g/mol. The summed E-state index contributed by atoms with van der Waals surface area (Å²) in [5.74, 6) is 0.537. The van der Waals surface area contributed by atoms with Gasteiger partial charge in [-0.3, -0.25) is 0 Å². The fourth-order valence-electron chi connectivity index (χ4n) is 4.70. The van der Waals surface area contributed by atoms with E-state index in [1.807, 2.05) is 97.1 Å². The lowest BCUT2D eigenvalue weighted by Gasteiger charge is -2.33. The number of carboxylic acid groups (broad SMARTS) is 1. The molecular formula is C32H35N3O4. The molecule has 39 heavy (non-hydrogen) atoms. The van der Waals surface area contributed by atoms with E-state index in [4.69, 9.17) is 10.5 Å². The third kappa shape index (κ3) is 7.89. The van der Waals surface area contributed by atoms with Gasteiger partial charge in [0.15, 0.2) is 0 Å². The number of pyridine rings is 1. The van der Waals surface area contributed by atoms with E-state index >= 15 is 0 Å². The molecule has 0 aliphatic rings. The highest BCUT2D eigenvalue weighted by molar-refractivity contribution is 5.65. The van der Waals surface area contributed by atoms with Crippen LogP contribution in [-0.4, -0.2) is 51.5 Å². The zero-order valence-electron chi connectivity index (χ0n) is 22.1. The number of aliphatic hydroxyl groups excluding tert-OH is 1. The van der Waals surface area contributed by atoms with E-state index in [9.17, 15) is 15.0 Å². The van der Waals surface area contributed by atoms with Gasteiger partial charge in [-0.2, -0.15) is 0 Å². The summed E-state index contributed by atoms with van der Waals surface area (Å²) in [6.45, 7) is 0.216. The molecule has 0 saturated heterocycles. The van der Waals surface area contributed by atoms with Crippen molar-refractivity contribution in [1.82, 2.24) is 9.88 Å². The lowest BCUT2D eigenvalue weighted by atomic mass is 9.93. The van der Waals surface area contributed by atoms with E-state index in [0.717, 1.165) is 27.9 Å². The standard InChI is InChI=1S/C32H35N3O4/c1-39-31-14-8-13-29(34-31)26-17-15-24(16-18-26)19-27(35(32(37)38)22-25-11-6-3-7-12-25)21-30(36)28(33)20-23-9-4-2-5-10-23/h2-18,27-28,30,36H,19-22,33H2,1H3,(H,37,38)/t27-,28-,30-/m0/s1. The maximum Gasteiger partial charge on any atom is 0.407 e. The molecule has 7 nitrogen and oxygen atoms in total. The number of benzene rings is 3. The van der Waals surface area contributed by atoms with Crippen LogP contribution in [0.5, 0.6) is 5.88 Å². The van der Waals surface area contributed by atoms with E-state index in [1.165, 1.54) is 4.90 Å². The van der Waals surface area contributed by atoms with Crippen LogP contribution >= 0.6 is 0 Å². The first-order valence-corrected chi connectivity index (χ1v) is 13.0. The molecule has 4 aromatic rings. The fourth-order valence-corrected chi connectivity index (χ4v) is 4.70. The van der Waals surface area contributed by atoms with E-state index in [1.54, 1.807) is 13.2 Å². The summed E-state index contributed by atoms with van der Waals surface area (Å²) in [4.78, 5) is 18.4. The molecule has 0 spiro atoms. The number of methoxy groups -OCH3 is 1. The van der Waals surface area contributed by atoms with Crippen LogP contribution < -0.4 is 10.5 Å². The minimum atomic E-state index is -1.04. The number of ether oxygens (including phenoxy) is 1. The van der Waals surface area contributed by atoms with Crippen LogP contribution in [-0.2, 0) is 19.4 Å². The van der Waals surface area contributed by atoms with Crippen LogP contribution in [0.1, 0.15) is 23.1 Å². The Kier molecular flexibility index (Phi) is 9.67. The first-order valence-electron chi connectivity index (χ1n) is 13.0. The van der Waals surface area contributed by atoms with Gasteiger partial charge in [0.1, 0.15) is 0 Å². The Morgan fingerprint density at radius 2 is 1.46 bits per heavy atom. The number of aliphatic hydroxyl groups is 1. The molecule has 0 radical (unpaired) electrons. The highest BCUT2D eigenvalue weighted by Gasteiger charge is 2.28. The molecule has 3 aromatic carbocycles. The molecule has 4 N–H and O–H groups in total. The van der Waals surface area contributed by atoms with Crippen molar-refractivity contribution in [2.24, 2.45) is 5.73 Å². The first-order chi connectivity index (χ1) is 18.9. The number of hydrogen-bond donors (Lipinski definition) is 3. The summed E-state index contributed by atoms with van der Waals surface area (Å²) in [7, 11) is 1.58. The Labute approximate surface area is 229 Å². The van der Waals surface area contributed by atoms with Gasteiger partial charge < -0.3 is 25.6 Å². The van der Waals surface area contributed by atoms with E-state index in [0.29, 0.717) is 18.7 Å². The summed E-state index contributed by atoms with van der Waals surface area (Å²) in [6, 6.07) is 31.7. The van der Waals surface area contributed by atoms with Crippen LogP contribution in [0.3, 0.4) is 0 Å². The van der Waals surface area contributed by atoms with Gasteiger partial charge in [0.2, 0.25) is 5.88 Å². The van der Waals surface area contributed by atoms with Crippen molar-refractivity contribution in [3.05, 3.63) is 120 Å². The van der Waals surface area contributed by atoms with Crippen molar-refractivity contribution in [2.45, 2.75) is 44.0 Å². The van der Waals surface area contributed by atoms with Gasteiger partial charge in [-0.1, -0.05) is 91.0 Å². The monoisotopic (exact) mass is 525 g/mol. The molecule has 1 heterocycles. The normalized spacial score (nSPS) is 13.3. The number of rotatable bonds is 12. The number of nitrogens with two attached hydrogens (primary N) is 1. The van der Waals surface area contributed by atoms with Gasteiger partial charge in [0.05, 0.1) is 18.9 Å². The zero-order chi connectivity index (χ0) is 27.6. The average Bonchev–Trinajstić information content (AvgIpc) is 2.97. The highest BCUT2D eigenvalue weighted by atomic mass is 16.5. The topological polar surface area (TPSA) is 109 Å². The Hall–Kier alpha value is -4.20. The second-order valence-electron chi connectivity index (χ2n) is 9.67. The van der Waals surface area contributed by atoms with Gasteiger partial charge in [-0.25, -0.2) is 9.78 Å². The number of hydrogen-bond acceptors (Lipinski definition) is 5. The van der Waals surface area contributed by atoms with Gasteiger partial charge >= 0.3 is 6.09 Å². The molecule has 0 aliphatic heterocycles. The smallest absolute Gasteiger partial charge is 0.407 e. The lowest BCUT2D eigenvalue weighted by molar-refractivity contribution is 0.0740. The third-order valence-electron chi connectivity index (χ3n) is 6.86. The second kappa shape index (κ2) is 13.6. The van der Waals surface area contributed by atoms with E-state index in [-0.39, 0.29) is 13.0 Å². The van der Waals surface area contributed by atoms with Gasteiger partial charge in [-0.05, 0) is 42.0 Å². The fraction of sp³-hybridized carbons (Fsp3) is 0.250. The lowest BCUT2D eigenvalue weighted by Crippen LogP contribution is -2.46. The summed E-state index contributed by atoms with van der Waals surface area (Å²) in [6.07, 6.45) is -0.771. The third-order valence-corrected chi connectivity index (χ3v) is 6.86. The van der Waals surface area contributed by atoms with Crippen LogP contribution in [0.25, 0.3) is 11.3 Å². The van der Waals surface area contributed by atoms with E-state index < -0.39 is 24.3 Å². The zero-order valence-corrected chi connectivity index (χ0v) is 22.1. The molecule has 0 bridgehead atoms. The van der Waals surface area contributed by atoms with Crippen molar-refractivity contribution in [1.29, 1.82) is 0 Å². The van der Waals surface area contributed by atoms with Gasteiger partial charge in [0.25, 0.3) is 0 Å². The van der Waals surface area contributed by atoms with Crippen LogP contribution in [0.2, 0.25) is 0 Å².